The Hall–Kier alpha value is -1.89. The van der Waals surface area contributed by atoms with Crippen molar-refractivity contribution in [2.45, 2.75) is 64.7 Å². The van der Waals surface area contributed by atoms with Crippen LogP contribution in [0.5, 0.6) is 6.01 Å². The number of carbonyl (C=O) groups is 1. The molecule has 0 radical (unpaired) electrons. The number of hydrogen-bond donors (Lipinski definition) is 1. The Morgan fingerprint density at radius 2 is 2.00 bits per heavy atom. The lowest BCUT2D eigenvalue weighted by Crippen LogP contribution is -2.28. The highest BCUT2D eigenvalue weighted by Gasteiger charge is 2.31. The molecule has 2 aliphatic rings. The van der Waals surface area contributed by atoms with Gasteiger partial charge in [-0.15, -0.1) is 0 Å². The predicted octanol–water partition coefficient (Wildman–Crippen LogP) is 3.11. The molecule has 1 saturated heterocycles. The van der Waals surface area contributed by atoms with Gasteiger partial charge in [-0.3, -0.25) is 9.69 Å². The standard InChI is InChI=1S/C20H32N4O3/c1-2-3-11-27-20-22-18(21)16-14-17(25)24(19(16)23-20)10-6-4-5-7-15-8-12-26-13-9-15/h15H,2-14H2,1H3,(H2,21,22,23). The van der Waals surface area contributed by atoms with E-state index in [0.717, 1.165) is 50.4 Å². The number of fused-ring (bicyclic) bond motifs is 1. The van der Waals surface area contributed by atoms with E-state index in [-0.39, 0.29) is 11.9 Å². The molecule has 0 aromatic carbocycles. The zero-order chi connectivity index (χ0) is 19.1. The van der Waals surface area contributed by atoms with Gasteiger partial charge in [0.1, 0.15) is 11.6 Å². The van der Waals surface area contributed by atoms with Gasteiger partial charge in [-0.1, -0.05) is 32.6 Å². The maximum absolute atomic E-state index is 12.4. The molecule has 1 fully saturated rings. The topological polar surface area (TPSA) is 90.6 Å². The van der Waals surface area contributed by atoms with Crippen LogP contribution in [0.2, 0.25) is 0 Å². The summed E-state index contributed by atoms with van der Waals surface area (Å²) in [7, 11) is 0. The predicted molar refractivity (Wildman–Crippen MR) is 105 cm³/mol. The average Bonchev–Trinajstić information content (AvgIpc) is 2.99. The van der Waals surface area contributed by atoms with Crippen LogP contribution >= 0.6 is 0 Å². The van der Waals surface area contributed by atoms with Crippen LogP contribution in [-0.4, -0.2) is 42.2 Å². The molecule has 3 heterocycles. The van der Waals surface area contributed by atoms with Gasteiger partial charge in [0.25, 0.3) is 0 Å². The number of aromatic nitrogens is 2. The van der Waals surface area contributed by atoms with Gasteiger partial charge >= 0.3 is 6.01 Å². The summed E-state index contributed by atoms with van der Waals surface area (Å²) in [6.45, 7) is 5.17. The monoisotopic (exact) mass is 376 g/mol. The van der Waals surface area contributed by atoms with Gasteiger partial charge in [0.2, 0.25) is 5.91 Å². The molecule has 1 amide bonds. The van der Waals surface area contributed by atoms with Crippen LogP contribution in [0.3, 0.4) is 0 Å². The number of unbranched alkanes of at least 4 members (excludes halogenated alkanes) is 3. The van der Waals surface area contributed by atoms with Crippen LogP contribution in [-0.2, 0) is 16.0 Å². The summed E-state index contributed by atoms with van der Waals surface area (Å²) in [6.07, 6.45) is 9.22. The van der Waals surface area contributed by atoms with E-state index in [1.54, 1.807) is 4.90 Å². The highest BCUT2D eigenvalue weighted by Crippen LogP contribution is 2.32. The van der Waals surface area contributed by atoms with Crippen LogP contribution < -0.4 is 15.4 Å². The summed E-state index contributed by atoms with van der Waals surface area (Å²) in [5.74, 6) is 1.87. The summed E-state index contributed by atoms with van der Waals surface area (Å²) < 4.78 is 11.0. The lowest BCUT2D eigenvalue weighted by Gasteiger charge is -2.22. The molecule has 1 aromatic heterocycles. The Bertz CT molecular complexity index is 632. The third kappa shape index (κ3) is 5.31. The van der Waals surface area contributed by atoms with Crippen molar-refractivity contribution in [2.24, 2.45) is 5.92 Å². The molecule has 27 heavy (non-hydrogen) atoms. The zero-order valence-corrected chi connectivity index (χ0v) is 16.4. The molecule has 1 aromatic rings. The molecule has 7 heteroatoms. The molecule has 2 N–H and O–H groups in total. The highest BCUT2D eigenvalue weighted by molar-refractivity contribution is 6.01. The number of amides is 1. The van der Waals surface area contributed by atoms with Crippen molar-refractivity contribution in [3.63, 3.8) is 0 Å². The summed E-state index contributed by atoms with van der Waals surface area (Å²) >= 11 is 0. The summed E-state index contributed by atoms with van der Waals surface area (Å²) in [4.78, 5) is 22.8. The van der Waals surface area contributed by atoms with E-state index in [1.807, 2.05) is 0 Å². The first kappa shape index (κ1) is 19.9. The van der Waals surface area contributed by atoms with Crippen molar-refractivity contribution < 1.29 is 14.3 Å². The Kier molecular flexibility index (Phi) is 7.26. The van der Waals surface area contributed by atoms with E-state index in [2.05, 4.69) is 16.9 Å². The SMILES string of the molecule is CCCCOc1nc(N)c2c(n1)N(CCCCCC1CCOCC1)C(=O)C2. The lowest BCUT2D eigenvalue weighted by molar-refractivity contribution is -0.117. The second kappa shape index (κ2) is 9.88. The van der Waals surface area contributed by atoms with Gasteiger partial charge in [0.15, 0.2) is 0 Å². The first-order chi connectivity index (χ1) is 13.2. The molecule has 0 bridgehead atoms. The summed E-state index contributed by atoms with van der Waals surface area (Å²) in [6, 6.07) is 0.277. The number of hydrogen-bond acceptors (Lipinski definition) is 6. The van der Waals surface area contributed by atoms with Crippen molar-refractivity contribution in [2.75, 3.05) is 37.0 Å². The number of nitrogens with zero attached hydrogens (tertiary/aromatic N) is 3. The Morgan fingerprint density at radius 1 is 1.19 bits per heavy atom. The quantitative estimate of drug-likeness (QED) is 0.631. The van der Waals surface area contributed by atoms with E-state index in [9.17, 15) is 4.79 Å². The summed E-state index contributed by atoms with van der Waals surface area (Å²) in [5.41, 5.74) is 6.78. The number of ether oxygens (including phenoxy) is 2. The van der Waals surface area contributed by atoms with E-state index < -0.39 is 0 Å². The smallest absolute Gasteiger partial charge is 0.320 e. The van der Waals surface area contributed by atoms with Crippen molar-refractivity contribution in [1.29, 1.82) is 0 Å². The first-order valence-electron chi connectivity index (χ1n) is 10.4. The molecular formula is C20H32N4O3. The second-order valence-electron chi connectivity index (χ2n) is 7.52. The van der Waals surface area contributed by atoms with E-state index >= 15 is 0 Å². The minimum Gasteiger partial charge on any atom is -0.463 e. The fourth-order valence-corrected chi connectivity index (χ4v) is 3.74. The molecule has 2 aliphatic heterocycles. The molecule has 0 unspecified atom stereocenters. The normalized spacial score (nSPS) is 17.4. The van der Waals surface area contributed by atoms with Crippen molar-refractivity contribution in [3.8, 4) is 6.01 Å². The van der Waals surface area contributed by atoms with E-state index in [0.29, 0.717) is 31.2 Å². The van der Waals surface area contributed by atoms with E-state index in [4.69, 9.17) is 15.2 Å². The van der Waals surface area contributed by atoms with Gasteiger partial charge in [-0.25, -0.2) is 0 Å². The molecule has 0 atom stereocenters. The summed E-state index contributed by atoms with van der Waals surface area (Å²) in [5, 5.41) is 0. The lowest BCUT2D eigenvalue weighted by atomic mass is 9.94. The molecular weight excluding hydrogens is 344 g/mol. The third-order valence-electron chi connectivity index (χ3n) is 5.45. The highest BCUT2D eigenvalue weighted by atomic mass is 16.5. The number of carbonyl (C=O) groups excluding carboxylic acids is 1. The zero-order valence-electron chi connectivity index (χ0n) is 16.4. The number of nitrogens with two attached hydrogens (primary N) is 1. The van der Waals surface area contributed by atoms with Crippen molar-refractivity contribution in [3.05, 3.63) is 5.56 Å². The largest absolute Gasteiger partial charge is 0.463 e. The van der Waals surface area contributed by atoms with Gasteiger partial charge in [0.05, 0.1) is 13.0 Å². The van der Waals surface area contributed by atoms with Crippen LogP contribution in [0.4, 0.5) is 11.6 Å². The van der Waals surface area contributed by atoms with Crippen LogP contribution in [0.15, 0.2) is 0 Å². The Labute approximate surface area is 161 Å². The molecule has 7 nitrogen and oxygen atoms in total. The van der Waals surface area contributed by atoms with Crippen molar-refractivity contribution in [1.82, 2.24) is 9.97 Å². The molecule has 3 rings (SSSR count). The average molecular weight is 377 g/mol. The van der Waals surface area contributed by atoms with Gasteiger partial charge in [-0.05, 0) is 31.6 Å². The Balaban J connectivity index is 1.50. The molecule has 0 aliphatic carbocycles. The Morgan fingerprint density at radius 3 is 2.78 bits per heavy atom. The minimum absolute atomic E-state index is 0.0566. The fourth-order valence-electron chi connectivity index (χ4n) is 3.74. The number of anilines is 2. The second-order valence-corrected chi connectivity index (χ2v) is 7.52. The third-order valence-corrected chi connectivity index (χ3v) is 5.45. The van der Waals surface area contributed by atoms with E-state index in [1.165, 1.54) is 25.7 Å². The van der Waals surface area contributed by atoms with Gasteiger partial charge in [0, 0.05) is 25.3 Å². The number of rotatable bonds is 10. The molecule has 0 spiro atoms. The maximum Gasteiger partial charge on any atom is 0.320 e. The fraction of sp³-hybridized carbons (Fsp3) is 0.750. The maximum atomic E-state index is 12.4. The van der Waals surface area contributed by atoms with Gasteiger partial charge in [-0.2, -0.15) is 9.97 Å². The minimum atomic E-state index is 0.0566. The first-order valence-corrected chi connectivity index (χ1v) is 10.4. The van der Waals surface area contributed by atoms with Gasteiger partial charge < -0.3 is 15.2 Å². The molecule has 150 valence electrons. The van der Waals surface area contributed by atoms with Crippen LogP contribution in [0, 0.1) is 5.92 Å². The van der Waals surface area contributed by atoms with Crippen molar-refractivity contribution >= 4 is 17.5 Å². The van der Waals surface area contributed by atoms with Crippen LogP contribution in [0.1, 0.15) is 63.9 Å². The molecule has 0 saturated carbocycles. The van der Waals surface area contributed by atoms with Crippen LogP contribution in [0.25, 0.3) is 0 Å². The number of nitrogen functional groups attached to an aromatic ring is 1.